The number of hydrogen-bond acceptors (Lipinski definition) is 5. The van der Waals surface area contributed by atoms with E-state index in [9.17, 15) is 9.59 Å². The molecule has 2 aromatic rings. The summed E-state index contributed by atoms with van der Waals surface area (Å²) in [5.74, 6) is 0.347. The Kier molecular flexibility index (Phi) is 5.71. The number of rotatable bonds is 3. The van der Waals surface area contributed by atoms with Gasteiger partial charge < -0.3 is 14.1 Å². The molecule has 0 N–H and O–H groups in total. The summed E-state index contributed by atoms with van der Waals surface area (Å²) in [6, 6.07) is 5.24. The smallest absolute Gasteiger partial charge is 0.336 e. The van der Waals surface area contributed by atoms with Crippen LogP contribution in [-0.2, 0) is 16.1 Å². The number of benzene rings is 1. The highest BCUT2D eigenvalue weighted by Gasteiger charge is 2.29. The summed E-state index contributed by atoms with van der Waals surface area (Å²) >= 11 is 6.29. The first-order chi connectivity index (χ1) is 13.5. The van der Waals surface area contributed by atoms with Gasteiger partial charge in [0, 0.05) is 42.0 Å². The summed E-state index contributed by atoms with van der Waals surface area (Å²) in [7, 11) is 0. The Balaban J connectivity index is 1.44. The number of aryl methyl sites for hydroxylation is 1. The molecule has 2 aliphatic rings. The Hall–Kier alpha value is -1.89. The number of morpholine rings is 1. The standard InChI is InChI=1S/C21H25ClN2O4/c1-14-10-19-17(12-18(14)22)16(11-20(25)28-19)13-23-4-2-15(3-5-23)21(26)24-6-8-27-9-7-24/h10-12,15H,2-9,13H2,1H3. The first-order valence-electron chi connectivity index (χ1n) is 9.83. The van der Waals surface area contributed by atoms with Crippen molar-refractivity contribution in [1.29, 1.82) is 0 Å². The topological polar surface area (TPSA) is 63.0 Å². The van der Waals surface area contributed by atoms with E-state index in [1.54, 1.807) is 6.07 Å². The van der Waals surface area contributed by atoms with E-state index in [1.165, 1.54) is 0 Å². The van der Waals surface area contributed by atoms with Crippen LogP contribution in [0.3, 0.4) is 0 Å². The summed E-state index contributed by atoms with van der Waals surface area (Å²) in [6.07, 6.45) is 1.69. The monoisotopic (exact) mass is 404 g/mol. The molecule has 6 nitrogen and oxygen atoms in total. The Bertz CT molecular complexity index is 928. The van der Waals surface area contributed by atoms with Crippen molar-refractivity contribution in [1.82, 2.24) is 9.80 Å². The molecule has 0 unspecified atom stereocenters. The van der Waals surface area contributed by atoms with E-state index in [-0.39, 0.29) is 17.5 Å². The summed E-state index contributed by atoms with van der Waals surface area (Å²) < 4.78 is 10.7. The van der Waals surface area contributed by atoms with Gasteiger partial charge in [-0.1, -0.05) is 11.6 Å². The first kappa shape index (κ1) is 19.4. The molecule has 2 saturated heterocycles. The quantitative estimate of drug-likeness (QED) is 0.736. The molecular weight excluding hydrogens is 380 g/mol. The Morgan fingerprint density at radius 3 is 2.57 bits per heavy atom. The van der Waals surface area contributed by atoms with Gasteiger partial charge in [-0.05, 0) is 56.1 Å². The maximum Gasteiger partial charge on any atom is 0.336 e. The normalized spacial score (nSPS) is 19.3. The van der Waals surface area contributed by atoms with Crippen LogP contribution in [0.25, 0.3) is 11.0 Å². The van der Waals surface area contributed by atoms with Crippen LogP contribution in [0.2, 0.25) is 5.02 Å². The van der Waals surface area contributed by atoms with Crippen LogP contribution in [0.1, 0.15) is 24.0 Å². The van der Waals surface area contributed by atoms with Gasteiger partial charge in [0.1, 0.15) is 5.58 Å². The predicted molar refractivity (Wildman–Crippen MR) is 108 cm³/mol. The number of hydrogen-bond donors (Lipinski definition) is 0. The average Bonchev–Trinajstić information content (AvgIpc) is 2.70. The van der Waals surface area contributed by atoms with Crippen molar-refractivity contribution >= 4 is 28.5 Å². The summed E-state index contributed by atoms with van der Waals surface area (Å²) in [5.41, 5.74) is 2.03. The third kappa shape index (κ3) is 4.09. The van der Waals surface area contributed by atoms with Crippen molar-refractivity contribution in [2.75, 3.05) is 39.4 Å². The number of carbonyl (C=O) groups is 1. The molecule has 7 heteroatoms. The highest BCUT2D eigenvalue weighted by atomic mass is 35.5. The maximum atomic E-state index is 12.7. The molecule has 1 aromatic heterocycles. The fourth-order valence-electron chi connectivity index (χ4n) is 4.10. The van der Waals surface area contributed by atoms with Crippen molar-refractivity contribution in [3.05, 3.63) is 44.8 Å². The number of ether oxygens (including phenoxy) is 1. The lowest BCUT2D eigenvalue weighted by Gasteiger charge is -2.35. The van der Waals surface area contributed by atoms with Gasteiger partial charge in [-0.3, -0.25) is 9.69 Å². The largest absolute Gasteiger partial charge is 0.423 e. The summed E-state index contributed by atoms with van der Waals surface area (Å²) in [6.45, 7) is 6.89. The van der Waals surface area contributed by atoms with E-state index in [1.807, 2.05) is 24.0 Å². The van der Waals surface area contributed by atoms with Gasteiger partial charge >= 0.3 is 5.63 Å². The molecule has 0 saturated carbocycles. The van der Waals surface area contributed by atoms with Crippen LogP contribution < -0.4 is 5.63 Å². The highest BCUT2D eigenvalue weighted by molar-refractivity contribution is 6.32. The van der Waals surface area contributed by atoms with E-state index in [4.69, 9.17) is 20.8 Å². The van der Waals surface area contributed by atoms with Gasteiger partial charge in [-0.2, -0.15) is 0 Å². The van der Waals surface area contributed by atoms with Crippen LogP contribution in [-0.4, -0.2) is 55.1 Å². The van der Waals surface area contributed by atoms with Crippen molar-refractivity contribution < 1.29 is 13.9 Å². The lowest BCUT2D eigenvalue weighted by Crippen LogP contribution is -2.46. The molecule has 3 heterocycles. The zero-order valence-electron chi connectivity index (χ0n) is 16.1. The van der Waals surface area contributed by atoms with Crippen LogP contribution in [0.4, 0.5) is 0 Å². The Labute approximate surface area is 169 Å². The van der Waals surface area contributed by atoms with E-state index in [0.717, 1.165) is 42.4 Å². The number of fused-ring (bicyclic) bond motifs is 1. The van der Waals surface area contributed by atoms with E-state index in [0.29, 0.717) is 43.5 Å². The SMILES string of the molecule is Cc1cc2oc(=O)cc(CN3CCC(C(=O)N4CCOCC4)CC3)c2cc1Cl. The third-order valence-electron chi connectivity index (χ3n) is 5.76. The second kappa shape index (κ2) is 8.23. The van der Waals surface area contributed by atoms with Gasteiger partial charge in [0.2, 0.25) is 5.91 Å². The molecule has 0 spiro atoms. The summed E-state index contributed by atoms with van der Waals surface area (Å²) in [4.78, 5) is 28.9. The van der Waals surface area contributed by atoms with E-state index in [2.05, 4.69) is 4.90 Å². The fraction of sp³-hybridized carbons (Fsp3) is 0.524. The minimum atomic E-state index is -0.346. The van der Waals surface area contributed by atoms with Crippen LogP contribution in [0, 0.1) is 12.8 Å². The van der Waals surface area contributed by atoms with Crippen molar-refractivity contribution in [2.45, 2.75) is 26.3 Å². The zero-order valence-corrected chi connectivity index (χ0v) is 16.8. The Morgan fingerprint density at radius 1 is 1.14 bits per heavy atom. The molecule has 1 amide bonds. The molecule has 2 fully saturated rings. The molecule has 2 aliphatic heterocycles. The number of halogens is 1. The number of likely N-dealkylation sites (tertiary alicyclic amines) is 1. The second-order valence-corrected chi connectivity index (χ2v) is 8.08. The number of piperidine rings is 1. The average molecular weight is 405 g/mol. The molecule has 1 aromatic carbocycles. The van der Waals surface area contributed by atoms with Crippen molar-refractivity contribution in [3.63, 3.8) is 0 Å². The maximum absolute atomic E-state index is 12.7. The molecule has 28 heavy (non-hydrogen) atoms. The fourth-order valence-corrected chi connectivity index (χ4v) is 4.26. The zero-order chi connectivity index (χ0) is 19.7. The van der Waals surface area contributed by atoms with Gasteiger partial charge in [0.15, 0.2) is 0 Å². The Morgan fingerprint density at radius 2 is 1.86 bits per heavy atom. The first-order valence-corrected chi connectivity index (χ1v) is 10.2. The lowest BCUT2D eigenvalue weighted by molar-refractivity contribution is -0.141. The number of carbonyl (C=O) groups excluding carboxylic acids is 1. The van der Waals surface area contributed by atoms with Crippen LogP contribution in [0.5, 0.6) is 0 Å². The van der Waals surface area contributed by atoms with Crippen molar-refractivity contribution in [2.24, 2.45) is 5.92 Å². The van der Waals surface area contributed by atoms with Crippen LogP contribution >= 0.6 is 11.6 Å². The van der Waals surface area contributed by atoms with E-state index < -0.39 is 0 Å². The minimum absolute atomic E-state index is 0.0871. The van der Waals surface area contributed by atoms with Crippen molar-refractivity contribution in [3.8, 4) is 0 Å². The minimum Gasteiger partial charge on any atom is -0.423 e. The highest BCUT2D eigenvalue weighted by Crippen LogP contribution is 2.27. The predicted octanol–water partition coefficient (Wildman–Crippen LogP) is 2.83. The number of nitrogens with zero attached hydrogens (tertiary/aromatic N) is 2. The molecule has 0 aliphatic carbocycles. The van der Waals surface area contributed by atoms with Gasteiger partial charge in [0.25, 0.3) is 0 Å². The molecule has 0 radical (unpaired) electrons. The molecular formula is C21H25ClN2O4. The second-order valence-electron chi connectivity index (χ2n) is 7.68. The van der Waals surface area contributed by atoms with Gasteiger partial charge in [-0.15, -0.1) is 0 Å². The summed E-state index contributed by atoms with van der Waals surface area (Å²) in [5, 5.41) is 1.54. The van der Waals surface area contributed by atoms with Gasteiger partial charge in [-0.25, -0.2) is 4.79 Å². The molecule has 0 bridgehead atoms. The lowest BCUT2D eigenvalue weighted by atomic mass is 9.94. The number of amides is 1. The molecule has 0 atom stereocenters. The molecule has 4 rings (SSSR count). The third-order valence-corrected chi connectivity index (χ3v) is 6.17. The van der Waals surface area contributed by atoms with Crippen LogP contribution in [0.15, 0.2) is 27.4 Å². The molecule has 150 valence electrons. The van der Waals surface area contributed by atoms with E-state index >= 15 is 0 Å². The van der Waals surface area contributed by atoms with Gasteiger partial charge in [0.05, 0.1) is 13.2 Å².